The number of hydrogen-bond acceptors (Lipinski definition) is 9. The summed E-state index contributed by atoms with van der Waals surface area (Å²) in [4.78, 5) is 64.0. The Morgan fingerprint density at radius 2 is 1.19 bits per heavy atom. The number of aliphatic hydroxyl groups excluding tert-OH is 1. The molecule has 300 valence electrons. The molecule has 0 aliphatic carbocycles. The Bertz CT molecular complexity index is 2080. The van der Waals surface area contributed by atoms with Gasteiger partial charge in [-0.15, -0.1) is 4.48 Å². The fourth-order valence-corrected chi connectivity index (χ4v) is 6.93. The molecule has 6 N–H and O–H groups in total. The number of guanidine groups is 1. The smallest absolute Gasteiger partial charge is 0.497 e. The van der Waals surface area contributed by atoms with Gasteiger partial charge in [0.2, 0.25) is 0 Å². The summed E-state index contributed by atoms with van der Waals surface area (Å²) in [6, 6.07) is 38.6. The van der Waals surface area contributed by atoms with E-state index >= 15 is 9.59 Å². The summed E-state index contributed by atoms with van der Waals surface area (Å²) >= 11 is 0. The third-order valence-corrected chi connectivity index (χ3v) is 9.71. The lowest BCUT2D eigenvalue weighted by Gasteiger charge is -2.44. The summed E-state index contributed by atoms with van der Waals surface area (Å²) in [5.74, 6) is -2.75. The van der Waals surface area contributed by atoms with Crippen LogP contribution in [0.15, 0.2) is 151 Å². The van der Waals surface area contributed by atoms with Crippen molar-refractivity contribution in [3.05, 3.63) is 173 Å². The van der Waals surface area contributed by atoms with E-state index in [1.54, 1.807) is 140 Å². The second kappa shape index (κ2) is 20.9. The molecule has 0 fully saturated rings. The van der Waals surface area contributed by atoms with E-state index in [2.05, 4.69) is 10.3 Å². The summed E-state index contributed by atoms with van der Waals surface area (Å²) in [7, 11) is 1.49. The second-order valence-corrected chi connectivity index (χ2v) is 13.4. The first-order valence-electron chi connectivity index (χ1n) is 18.7. The van der Waals surface area contributed by atoms with Crippen LogP contribution in [0, 0.1) is 0 Å². The van der Waals surface area contributed by atoms with E-state index in [9.17, 15) is 14.7 Å². The van der Waals surface area contributed by atoms with Gasteiger partial charge in [0.25, 0.3) is 5.91 Å². The number of alkyl carbamates (subject to hydrolysis) is 1. The number of ether oxygens (including phenoxy) is 3. The molecule has 5 rings (SSSR count). The highest BCUT2D eigenvalue weighted by atomic mass is 16.6. The maximum Gasteiger partial charge on any atom is 0.525 e. The third kappa shape index (κ3) is 10.5. The zero-order valence-corrected chi connectivity index (χ0v) is 32.2. The molecule has 0 aliphatic rings. The van der Waals surface area contributed by atoms with Gasteiger partial charge in [-0.2, -0.15) is 4.79 Å². The van der Waals surface area contributed by atoms with Gasteiger partial charge in [-0.05, 0) is 52.9 Å². The number of methoxy groups -OCH3 is 1. The fourth-order valence-electron chi connectivity index (χ4n) is 6.93. The van der Waals surface area contributed by atoms with Gasteiger partial charge in [0.1, 0.15) is 31.5 Å². The van der Waals surface area contributed by atoms with E-state index in [1.807, 2.05) is 6.07 Å². The van der Waals surface area contributed by atoms with Crippen LogP contribution in [-0.2, 0) is 32.3 Å². The first kappa shape index (κ1) is 42.3. The van der Waals surface area contributed by atoms with Crippen molar-refractivity contribution >= 4 is 30.0 Å². The van der Waals surface area contributed by atoms with Gasteiger partial charge >= 0.3 is 18.1 Å². The van der Waals surface area contributed by atoms with Gasteiger partial charge in [-0.3, -0.25) is 15.1 Å². The standard InChI is InChI=1S/C45H47N5O8/c1-56-37-26-24-34(25-27-37)39(29-51)50(45(55)58-31-33-17-8-3-9-18-33,42(53)40(35-19-10-4-11-20-35)36-21-12-5-13-22-36)38(23-14-28-48-43(46)47)41(52)49-44(54)57-30-32-15-6-2-7-16-32/h2-13,15-22,24-27,38-40,51H,14,23,28-31H2,1H3,(H4-,46,47,48,49,52,54)/p+1/t38-,39?,50-/m0/s1. The molecule has 3 atom stereocenters. The number of imide groups is 2. The number of quaternary nitrogens is 1. The normalized spacial score (nSPS) is 12.9. The Kier molecular flexibility index (Phi) is 15.3. The van der Waals surface area contributed by atoms with Crippen LogP contribution < -0.4 is 21.5 Å². The van der Waals surface area contributed by atoms with Crippen LogP contribution in [0.2, 0.25) is 0 Å². The number of aliphatic hydroxyl groups is 1. The number of amides is 4. The third-order valence-electron chi connectivity index (χ3n) is 9.71. The Balaban J connectivity index is 1.76. The zero-order valence-electron chi connectivity index (χ0n) is 32.2. The van der Waals surface area contributed by atoms with Crippen molar-refractivity contribution < 1.29 is 43.0 Å². The van der Waals surface area contributed by atoms with E-state index in [-0.39, 0.29) is 38.6 Å². The van der Waals surface area contributed by atoms with Crippen molar-refractivity contribution in [3.8, 4) is 5.75 Å². The molecule has 0 bridgehead atoms. The van der Waals surface area contributed by atoms with Gasteiger partial charge < -0.3 is 30.8 Å². The predicted octanol–water partition coefficient (Wildman–Crippen LogP) is 6.12. The summed E-state index contributed by atoms with van der Waals surface area (Å²) in [5.41, 5.74) is 13.9. The minimum Gasteiger partial charge on any atom is -0.497 e. The molecule has 0 spiro atoms. The molecule has 0 radical (unpaired) electrons. The quantitative estimate of drug-likeness (QED) is 0.0370. The van der Waals surface area contributed by atoms with Crippen LogP contribution in [0.25, 0.3) is 0 Å². The highest BCUT2D eigenvalue weighted by Gasteiger charge is 2.63. The Labute approximate surface area is 337 Å². The molecule has 5 aromatic carbocycles. The molecule has 0 saturated carbocycles. The molecule has 4 amide bonds. The average Bonchev–Trinajstić information content (AvgIpc) is 3.25. The SMILES string of the molecule is COc1ccc(C(CO)[N@+](C(=O)OCc2ccccc2)(C(=O)C(c2ccccc2)c2ccccc2)[C@@H](CCCN=C(N)N)C(=O)NC(=O)OCc2ccccc2)cc1. The lowest BCUT2D eigenvalue weighted by molar-refractivity contribution is -0.834. The van der Waals surface area contributed by atoms with Crippen LogP contribution >= 0.6 is 0 Å². The maximum absolute atomic E-state index is 16.2. The van der Waals surface area contributed by atoms with Crippen LogP contribution in [0.4, 0.5) is 9.59 Å². The van der Waals surface area contributed by atoms with Gasteiger partial charge in [-0.25, -0.2) is 9.59 Å². The van der Waals surface area contributed by atoms with E-state index < -0.39 is 53.1 Å². The van der Waals surface area contributed by atoms with Crippen molar-refractivity contribution in [2.24, 2.45) is 16.5 Å². The first-order valence-corrected chi connectivity index (χ1v) is 18.7. The Hall–Kier alpha value is -6.83. The van der Waals surface area contributed by atoms with Gasteiger partial charge in [0.05, 0.1) is 7.11 Å². The molecule has 0 saturated heterocycles. The number of hydrogen-bond donors (Lipinski definition) is 4. The molecule has 5 aromatic rings. The molecular weight excluding hydrogens is 739 g/mol. The fraction of sp³-hybridized carbons (Fsp3) is 0.222. The minimum absolute atomic E-state index is 0.00491. The molecule has 0 aromatic heterocycles. The molecule has 0 heterocycles. The highest BCUT2D eigenvalue weighted by molar-refractivity contribution is 5.98. The largest absolute Gasteiger partial charge is 0.525 e. The number of benzene rings is 5. The molecule has 58 heavy (non-hydrogen) atoms. The van der Waals surface area contributed by atoms with E-state index in [1.165, 1.54) is 7.11 Å². The van der Waals surface area contributed by atoms with Crippen molar-refractivity contribution in [1.82, 2.24) is 5.32 Å². The molecule has 0 aliphatic heterocycles. The number of carbonyl (C=O) groups is 4. The summed E-state index contributed by atoms with van der Waals surface area (Å²) in [5, 5.41) is 13.8. The molecular formula is C45H48N5O8+. The number of rotatable bonds is 17. The number of aliphatic imine (C=N–C) groups is 1. The summed E-state index contributed by atoms with van der Waals surface area (Å²) < 4.78 is 15.5. The summed E-state index contributed by atoms with van der Waals surface area (Å²) in [6.07, 6.45) is -2.42. The Morgan fingerprint density at radius 3 is 1.67 bits per heavy atom. The lowest BCUT2D eigenvalue weighted by Crippen LogP contribution is -2.70. The monoisotopic (exact) mass is 786 g/mol. The maximum atomic E-state index is 16.2. The highest BCUT2D eigenvalue weighted by Crippen LogP contribution is 2.42. The van der Waals surface area contributed by atoms with E-state index in [4.69, 9.17) is 25.7 Å². The zero-order chi connectivity index (χ0) is 41.3. The number of nitrogens with one attached hydrogen (secondary N) is 1. The van der Waals surface area contributed by atoms with Gasteiger partial charge in [-0.1, -0.05) is 121 Å². The van der Waals surface area contributed by atoms with E-state index in [0.29, 0.717) is 33.6 Å². The number of nitrogens with zero attached hydrogens (tertiary/aromatic N) is 2. The van der Waals surface area contributed by atoms with Crippen molar-refractivity contribution in [2.75, 3.05) is 20.3 Å². The summed E-state index contributed by atoms with van der Waals surface area (Å²) in [6.45, 7) is -1.26. The van der Waals surface area contributed by atoms with Crippen molar-refractivity contribution in [3.63, 3.8) is 0 Å². The number of nitrogens with two attached hydrogens (primary N) is 2. The average molecular weight is 787 g/mol. The van der Waals surface area contributed by atoms with Gasteiger partial charge in [0.15, 0.2) is 18.0 Å². The number of carbonyl (C=O) groups excluding carboxylic acids is 4. The lowest BCUT2D eigenvalue weighted by atomic mass is 9.86. The van der Waals surface area contributed by atoms with Crippen LogP contribution in [0.5, 0.6) is 5.75 Å². The van der Waals surface area contributed by atoms with Crippen LogP contribution in [0.3, 0.4) is 0 Å². The second-order valence-electron chi connectivity index (χ2n) is 13.4. The van der Waals surface area contributed by atoms with Crippen LogP contribution in [0.1, 0.15) is 52.6 Å². The van der Waals surface area contributed by atoms with Crippen molar-refractivity contribution in [2.45, 2.75) is 44.1 Å². The first-order chi connectivity index (χ1) is 28.2. The topological polar surface area (TPSA) is 193 Å². The van der Waals surface area contributed by atoms with Crippen LogP contribution in [-0.4, -0.2) is 65.9 Å². The molecule has 13 heteroatoms. The van der Waals surface area contributed by atoms with Crippen molar-refractivity contribution in [1.29, 1.82) is 0 Å². The Morgan fingerprint density at radius 1 is 0.690 bits per heavy atom. The molecule has 1 unspecified atom stereocenters. The van der Waals surface area contributed by atoms with Gasteiger partial charge in [0, 0.05) is 18.5 Å². The minimum atomic E-state index is -1.72. The molecule has 13 nitrogen and oxygen atoms in total. The van der Waals surface area contributed by atoms with E-state index in [0.717, 1.165) is 0 Å². The predicted molar refractivity (Wildman–Crippen MR) is 218 cm³/mol.